The molecule has 2 atom stereocenters. The van der Waals surface area contributed by atoms with E-state index in [1.54, 1.807) is 0 Å². The molecular formula is C23H23NO3S. The van der Waals surface area contributed by atoms with E-state index in [1.807, 2.05) is 91.0 Å². The molecule has 5 heteroatoms. The van der Waals surface area contributed by atoms with Crippen molar-refractivity contribution in [1.29, 1.82) is 0 Å². The van der Waals surface area contributed by atoms with Crippen molar-refractivity contribution in [3.8, 4) is 0 Å². The summed E-state index contributed by atoms with van der Waals surface area (Å²) in [7, 11) is -3.29. The van der Waals surface area contributed by atoms with Gasteiger partial charge in [-0.15, -0.1) is 0 Å². The number of rotatable bonds is 5. The van der Waals surface area contributed by atoms with E-state index in [0.717, 1.165) is 16.8 Å². The van der Waals surface area contributed by atoms with Gasteiger partial charge >= 0.3 is 0 Å². The molecule has 1 heterocycles. The Balaban J connectivity index is 1.90. The number of benzene rings is 3. The third-order valence-electron chi connectivity index (χ3n) is 5.21. The van der Waals surface area contributed by atoms with E-state index in [9.17, 15) is 13.5 Å². The Hall–Kier alpha value is -2.63. The first kappa shape index (κ1) is 18.7. The lowest BCUT2D eigenvalue weighted by Gasteiger charge is -2.40. The highest BCUT2D eigenvalue weighted by Crippen LogP contribution is 2.37. The molecule has 0 bridgehead atoms. The third kappa shape index (κ3) is 3.81. The van der Waals surface area contributed by atoms with Crippen LogP contribution in [0.4, 0.5) is 5.69 Å². The summed E-state index contributed by atoms with van der Waals surface area (Å²) in [5.74, 6) is -0.253. The van der Waals surface area contributed by atoms with E-state index in [2.05, 4.69) is 4.90 Å². The molecule has 3 aromatic rings. The monoisotopic (exact) mass is 393 g/mol. The Morgan fingerprint density at radius 2 is 1.21 bits per heavy atom. The molecule has 1 saturated heterocycles. The van der Waals surface area contributed by atoms with Crippen LogP contribution in [0.15, 0.2) is 91.0 Å². The fourth-order valence-corrected chi connectivity index (χ4v) is 5.77. The second-order valence-electron chi connectivity index (χ2n) is 7.18. The number of aliphatic hydroxyl groups excluding tert-OH is 1. The van der Waals surface area contributed by atoms with Crippen LogP contribution < -0.4 is 4.90 Å². The minimum absolute atomic E-state index is 0.0563. The normalized spacial score (nSPS) is 20.9. The molecule has 1 aliphatic heterocycles. The number of nitrogens with zero attached hydrogens (tertiary/aromatic N) is 1. The van der Waals surface area contributed by atoms with Gasteiger partial charge in [0.05, 0.1) is 29.7 Å². The molecule has 1 N–H and O–H groups in total. The highest BCUT2D eigenvalue weighted by Gasteiger charge is 2.43. The zero-order valence-electron chi connectivity index (χ0n) is 15.4. The van der Waals surface area contributed by atoms with Crippen LogP contribution in [0.3, 0.4) is 0 Å². The average molecular weight is 394 g/mol. The predicted molar refractivity (Wildman–Crippen MR) is 112 cm³/mol. The molecule has 0 radical (unpaired) electrons. The topological polar surface area (TPSA) is 57.6 Å². The summed E-state index contributed by atoms with van der Waals surface area (Å²) < 4.78 is 24.6. The lowest BCUT2D eigenvalue weighted by molar-refractivity contribution is 0.175. The number of sulfone groups is 1. The van der Waals surface area contributed by atoms with Crippen LogP contribution in [0.1, 0.15) is 17.2 Å². The van der Waals surface area contributed by atoms with E-state index in [0.29, 0.717) is 0 Å². The van der Waals surface area contributed by atoms with Crippen molar-refractivity contribution in [3.05, 3.63) is 102 Å². The highest BCUT2D eigenvalue weighted by atomic mass is 32.2. The maximum atomic E-state index is 12.3. The summed E-state index contributed by atoms with van der Waals surface area (Å²) in [6, 6.07) is 29.1. The molecule has 4 rings (SSSR count). The molecule has 0 amide bonds. The molecule has 1 fully saturated rings. The SMILES string of the molecule is O=S1(=O)C[C@@H](O)[C@@H](N(c2ccccc2)C(c2ccccc2)c2ccccc2)C1. The molecule has 0 saturated carbocycles. The maximum absolute atomic E-state index is 12.3. The average Bonchev–Trinajstić information content (AvgIpc) is 3.00. The van der Waals surface area contributed by atoms with Crippen molar-refractivity contribution in [3.63, 3.8) is 0 Å². The van der Waals surface area contributed by atoms with Gasteiger partial charge in [-0.25, -0.2) is 8.42 Å². The van der Waals surface area contributed by atoms with Gasteiger partial charge in [0.1, 0.15) is 0 Å². The third-order valence-corrected chi connectivity index (χ3v) is 6.91. The zero-order valence-corrected chi connectivity index (χ0v) is 16.2. The Bertz CT molecular complexity index is 968. The zero-order chi connectivity index (χ0) is 19.6. The molecule has 4 nitrogen and oxygen atoms in total. The van der Waals surface area contributed by atoms with E-state index >= 15 is 0 Å². The second kappa shape index (κ2) is 7.78. The van der Waals surface area contributed by atoms with Crippen LogP contribution >= 0.6 is 0 Å². The van der Waals surface area contributed by atoms with Gasteiger partial charge in [-0.2, -0.15) is 0 Å². The largest absolute Gasteiger partial charge is 0.390 e. The summed E-state index contributed by atoms with van der Waals surface area (Å²) in [5.41, 5.74) is 2.99. The Labute approximate surface area is 166 Å². The first-order valence-electron chi connectivity index (χ1n) is 9.37. The van der Waals surface area contributed by atoms with Crippen LogP contribution in [0.2, 0.25) is 0 Å². The molecule has 0 aromatic heterocycles. The molecule has 3 aromatic carbocycles. The number of anilines is 1. The fourth-order valence-electron chi connectivity index (χ4n) is 3.99. The van der Waals surface area contributed by atoms with Crippen molar-refractivity contribution >= 4 is 15.5 Å². The summed E-state index contributed by atoms with van der Waals surface area (Å²) in [5, 5.41) is 10.7. The van der Waals surface area contributed by atoms with Crippen LogP contribution in [-0.2, 0) is 9.84 Å². The van der Waals surface area contributed by atoms with Crippen molar-refractivity contribution in [2.45, 2.75) is 18.2 Å². The predicted octanol–water partition coefficient (Wildman–Crippen LogP) is 3.44. The van der Waals surface area contributed by atoms with E-state index in [4.69, 9.17) is 0 Å². The molecule has 0 unspecified atom stereocenters. The number of hydrogen-bond donors (Lipinski definition) is 1. The highest BCUT2D eigenvalue weighted by molar-refractivity contribution is 7.91. The van der Waals surface area contributed by atoms with Gasteiger partial charge in [0.25, 0.3) is 0 Å². The van der Waals surface area contributed by atoms with Gasteiger partial charge in [-0.3, -0.25) is 0 Å². The Kier molecular flexibility index (Phi) is 5.20. The van der Waals surface area contributed by atoms with Crippen molar-refractivity contribution in [2.24, 2.45) is 0 Å². The van der Waals surface area contributed by atoms with Gasteiger partial charge < -0.3 is 10.0 Å². The number of aliphatic hydroxyl groups is 1. The quantitative estimate of drug-likeness (QED) is 0.721. The number of hydrogen-bond acceptors (Lipinski definition) is 4. The summed E-state index contributed by atoms with van der Waals surface area (Å²) in [6.45, 7) is 0. The molecule has 144 valence electrons. The van der Waals surface area contributed by atoms with Gasteiger partial charge in [-0.1, -0.05) is 78.9 Å². The van der Waals surface area contributed by atoms with Crippen LogP contribution in [0.5, 0.6) is 0 Å². The lowest BCUT2D eigenvalue weighted by Crippen LogP contribution is -2.46. The Morgan fingerprint density at radius 1 is 0.750 bits per heavy atom. The fraction of sp³-hybridized carbons (Fsp3) is 0.217. The van der Waals surface area contributed by atoms with Gasteiger partial charge in [0.2, 0.25) is 0 Å². The number of para-hydroxylation sites is 1. The van der Waals surface area contributed by atoms with Crippen LogP contribution in [0, 0.1) is 0 Å². The first-order valence-corrected chi connectivity index (χ1v) is 11.2. The minimum Gasteiger partial charge on any atom is -0.390 e. The summed E-state index contributed by atoms with van der Waals surface area (Å²) in [6.07, 6.45) is -0.930. The van der Waals surface area contributed by atoms with E-state index in [1.165, 1.54) is 0 Å². The standard InChI is InChI=1S/C23H23NO3S/c25-22-17-28(26,27)16-21(22)24(20-14-8-3-9-15-20)23(18-10-4-1-5-11-18)19-12-6-2-7-13-19/h1-15,21-23,25H,16-17H2/t21-,22+/m0/s1. The first-order chi connectivity index (χ1) is 13.6. The molecule has 0 spiro atoms. The molecule has 28 heavy (non-hydrogen) atoms. The van der Waals surface area contributed by atoms with Gasteiger partial charge in [0, 0.05) is 5.69 Å². The molecule has 1 aliphatic rings. The smallest absolute Gasteiger partial charge is 0.155 e. The summed E-state index contributed by atoms with van der Waals surface area (Å²) in [4.78, 5) is 2.07. The minimum atomic E-state index is -3.29. The van der Waals surface area contributed by atoms with Crippen LogP contribution in [-0.4, -0.2) is 37.2 Å². The van der Waals surface area contributed by atoms with Crippen LogP contribution in [0.25, 0.3) is 0 Å². The second-order valence-corrected chi connectivity index (χ2v) is 9.33. The van der Waals surface area contributed by atoms with Crippen molar-refractivity contribution < 1.29 is 13.5 Å². The Morgan fingerprint density at radius 3 is 1.64 bits per heavy atom. The molecule has 0 aliphatic carbocycles. The van der Waals surface area contributed by atoms with E-state index in [-0.39, 0.29) is 17.5 Å². The molecular weight excluding hydrogens is 370 g/mol. The summed E-state index contributed by atoms with van der Waals surface area (Å²) >= 11 is 0. The van der Waals surface area contributed by atoms with Crippen molar-refractivity contribution in [1.82, 2.24) is 0 Å². The van der Waals surface area contributed by atoms with E-state index < -0.39 is 22.0 Å². The van der Waals surface area contributed by atoms with Crippen molar-refractivity contribution in [2.75, 3.05) is 16.4 Å². The van der Waals surface area contributed by atoms with Gasteiger partial charge in [0.15, 0.2) is 9.84 Å². The lowest BCUT2D eigenvalue weighted by atomic mass is 9.94. The van der Waals surface area contributed by atoms with Gasteiger partial charge in [-0.05, 0) is 23.3 Å². The maximum Gasteiger partial charge on any atom is 0.155 e.